The van der Waals surface area contributed by atoms with Crippen LogP contribution in [0, 0.1) is 5.92 Å². The van der Waals surface area contributed by atoms with Crippen molar-refractivity contribution >= 4 is 17.5 Å². The number of nitrogens with zero attached hydrogens (tertiary/aromatic N) is 1. The molecular weight excluding hydrogens is 246 g/mol. The topological polar surface area (TPSA) is 20.3 Å². The lowest BCUT2D eigenvalue weighted by Crippen LogP contribution is -2.40. The first-order chi connectivity index (χ1) is 8.70. The average Bonchev–Trinajstić information content (AvgIpc) is 3.17. The summed E-state index contributed by atoms with van der Waals surface area (Å²) in [7, 11) is 0. The van der Waals surface area contributed by atoms with Crippen molar-refractivity contribution in [1.82, 2.24) is 4.90 Å². The number of rotatable bonds is 5. The van der Waals surface area contributed by atoms with E-state index in [0.29, 0.717) is 5.88 Å². The summed E-state index contributed by atoms with van der Waals surface area (Å²) in [4.78, 5) is 14.6. The zero-order valence-corrected chi connectivity index (χ0v) is 11.8. The number of amides is 1. The summed E-state index contributed by atoms with van der Waals surface area (Å²) in [6.45, 7) is 5.58. The molecule has 98 valence electrons. The van der Waals surface area contributed by atoms with Gasteiger partial charge in [0.05, 0.1) is 5.41 Å². The van der Waals surface area contributed by atoms with Gasteiger partial charge in [-0.05, 0) is 31.7 Å². The third kappa shape index (κ3) is 2.03. The van der Waals surface area contributed by atoms with Crippen LogP contribution in [0.3, 0.4) is 0 Å². The van der Waals surface area contributed by atoms with Crippen LogP contribution < -0.4 is 0 Å². The molecule has 0 aromatic heterocycles. The molecule has 0 radical (unpaired) electrons. The first-order valence-electron chi connectivity index (χ1n) is 6.61. The Morgan fingerprint density at radius 1 is 1.33 bits per heavy atom. The standard InChI is InChI=1S/C15H20ClNO/c1-3-17(4-2)14(18)15(10-13(15)11-16)12-8-6-5-7-9-12/h5-9,13H,3-4,10-11H2,1-2H3. The second-order valence-corrected chi connectivity index (χ2v) is 5.18. The molecule has 0 heterocycles. The van der Waals surface area contributed by atoms with Gasteiger partial charge in [0.15, 0.2) is 0 Å². The van der Waals surface area contributed by atoms with Crippen LogP contribution in [-0.2, 0) is 10.2 Å². The van der Waals surface area contributed by atoms with E-state index in [1.807, 2.05) is 49.1 Å². The fourth-order valence-corrected chi connectivity index (χ4v) is 3.16. The summed E-state index contributed by atoms with van der Waals surface area (Å²) >= 11 is 6.00. The fourth-order valence-electron chi connectivity index (χ4n) is 2.78. The highest BCUT2D eigenvalue weighted by Crippen LogP contribution is 2.55. The Hall–Kier alpha value is -1.02. The summed E-state index contributed by atoms with van der Waals surface area (Å²) in [5.41, 5.74) is 0.766. The van der Waals surface area contributed by atoms with E-state index >= 15 is 0 Å². The summed E-state index contributed by atoms with van der Waals surface area (Å²) in [5, 5.41) is 0. The van der Waals surface area contributed by atoms with Crippen molar-refractivity contribution in [3.63, 3.8) is 0 Å². The molecule has 0 aliphatic heterocycles. The molecule has 1 aromatic rings. The first-order valence-corrected chi connectivity index (χ1v) is 7.15. The largest absolute Gasteiger partial charge is 0.342 e. The molecule has 1 amide bonds. The van der Waals surface area contributed by atoms with E-state index in [1.165, 1.54) is 0 Å². The minimum atomic E-state index is -0.352. The van der Waals surface area contributed by atoms with Gasteiger partial charge in [0, 0.05) is 19.0 Å². The Labute approximate surface area is 114 Å². The molecule has 1 fully saturated rings. The molecule has 1 saturated carbocycles. The number of halogens is 1. The summed E-state index contributed by atoms with van der Waals surface area (Å²) in [6, 6.07) is 10.1. The lowest BCUT2D eigenvalue weighted by atomic mass is 9.92. The maximum atomic E-state index is 12.7. The number of carbonyl (C=O) groups excluding carboxylic acids is 1. The zero-order chi connectivity index (χ0) is 13.2. The Balaban J connectivity index is 2.32. The van der Waals surface area contributed by atoms with Crippen molar-refractivity contribution in [1.29, 1.82) is 0 Å². The third-order valence-electron chi connectivity index (χ3n) is 4.01. The van der Waals surface area contributed by atoms with Gasteiger partial charge >= 0.3 is 0 Å². The van der Waals surface area contributed by atoms with E-state index in [0.717, 1.165) is 25.1 Å². The summed E-state index contributed by atoms with van der Waals surface area (Å²) in [5.74, 6) is 1.08. The molecule has 2 nitrogen and oxygen atoms in total. The molecule has 1 aliphatic carbocycles. The third-order valence-corrected chi connectivity index (χ3v) is 4.39. The first kappa shape index (κ1) is 13.4. The number of hydrogen-bond donors (Lipinski definition) is 0. The lowest BCUT2D eigenvalue weighted by molar-refractivity contribution is -0.133. The monoisotopic (exact) mass is 265 g/mol. The molecule has 0 bridgehead atoms. The molecule has 2 atom stereocenters. The van der Waals surface area contributed by atoms with E-state index in [1.54, 1.807) is 0 Å². The fraction of sp³-hybridized carbons (Fsp3) is 0.533. The van der Waals surface area contributed by atoms with Crippen molar-refractivity contribution in [3.05, 3.63) is 35.9 Å². The normalized spacial score (nSPS) is 25.8. The van der Waals surface area contributed by atoms with Gasteiger partial charge in [0.1, 0.15) is 0 Å². The van der Waals surface area contributed by atoms with Crippen molar-refractivity contribution in [3.8, 4) is 0 Å². The Kier molecular flexibility index (Phi) is 3.96. The van der Waals surface area contributed by atoms with Gasteiger partial charge in [-0.15, -0.1) is 11.6 Å². The van der Waals surface area contributed by atoms with E-state index in [2.05, 4.69) is 0 Å². The summed E-state index contributed by atoms with van der Waals surface area (Å²) in [6.07, 6.45) is 0.885. The Bertz CT molecular complexity index is 416. The maximum absolute atomic E-state index is 12.7. The number of likely N-dealkylation sites (N-methyl/N-ethyl adjacent to an activating group) is 1. The van der Waals surface area contributed by atoms with Crippen LogP contribution in [-0.4, -0.2) is 29.8 Å². The van der Waals surface area contributed by atoms with Crippen LogP contribution in [0.2, 0.25) is 0 Å². The van der Waals surface area contributed by atoms with Gasteiger partial charge in [-0.1, -0.05) is 30.3 Å². The van der Waals surface area contributed by atoms with Crippen LogP contribution >= 0.6 is 11.6 Å². The molecule has 1 aromatic carbocycles. The van der Waals surface area contributed by atoms with Crippen molar-refractivity contribution in [2.24, 2.45) is 5.92 Å². The highest BCUT2D eigenvalue weighted by molar-refractivity contribution is 6.18. The van der Waals surface area contributed by atoms with E-state index in [4.69, 9.17) is 11.6 Å². The second-order valence-electron chi connectivity index (χ2n) is 4.87. The minimum absolute atomic E-state index is 0.240. The van der Waals surface area contributed by atoms with Crippen LogP contribution in [0.5, 0.6) is 0 Å². The van der Waals surface area contributed by atoms with Crippen LogP contribution in [0.15, 0.2) is 30.3 Å². The SMILES string of the molecule is CCN(CC)C(=O)C1(c2ccccc2)CC1CCl. The lowest BCUT2D eigenvalue weighted by Gasteiger charge is -2.26. The Morgan fingerprint density at radius 3 is 2.39 bits per heavy atom. The van der Waals surface area contributed by atoms with Crippen LogP contribution in [0.4, 0.5) is 0 Å². The van der Waals surface area contributed by atoms with Gasteiger partial charge in [-0.3, -0.25) is 4.79 Å². The molecule has 18 heavy (non-hydrogen) atoms. The number of benzene rings is 1. The molecule has 1 aliphatic rings. The molecule has 2 unspecified atom stereocenters. The molecule has 0 saturated heterocycles. The summed E-state index contributed by atoms with van der Waals surface area (Å²) < 4.78 is 0. The predicted octanol–water partition coefficient (Wildman–Crippen LogP) is 3.05. The van der Waals surface area contributed by atoms with Gasteiger partial charge in [0.2, 0.25) is 5.91 Å². The van der Waals surface area contributed by atoms with Crippen molar-refractivity contribution in [2.75, 3.05) is 19.0 Å². The van der Waals surface area contributed by atoms with Crippen molar-refractivity contribution in [2.45, 2.75) is 25.7 Å². The second kappa shape index (κ2) is 5.31. The number of carbonyl (C=O) groups is 1. The molecular formula is C15H20ClNO. The minimum Gasteiger partial charge on any atom is -0.342 e. The average molecular weight is 266 g/mol. The van der Waals surface area contributed by atoms with Gasteiger partial charge in [-0.25, -0.2) is 0 Å². The van der Waals surface area contributed by atoms with E-state index < -0.39 is 0 Å². The molecule has 2 rings (SSSR count). The highest BCUT2D eigenvalue weighted by atomic mass is 35.5. The smallest absolute Gasteiger partial charge is 0.233 e. The molecule has 0 N–H and O–H groups in total. The quantitative estimate of drug-likeness (QED) is 0.750. The predicted molar refractivity (Wildman–Crippen MR) is 74.9 cm³/mol. The molecule has 3 heteroatoms. The number of alkyl halides is 1. The number of hydrogen-bond acceptors (Lipinski definition) is 1. The van der Waals surface area contributed by atoms with Gasteiger partial charge in [0.25, 0.3) is 0 Å². The van der Waals surface area contributed by atoms with Crippen LogP contribution in [0.25, 0.3) is 0 Å². The van der Waals surface area contributed by atoms with Gasteiger partial charge < -0.3 is 4.90 Å². The molecule has 0 spiro atoms. The maximum Gasteiger partial charge on any atom is 0.233 e. The van der Waals surface area contributed by atoms with E-state index in [-0.39, 0.29) is 17.2 Å². The van der Waals surface area contributed by atoms with Crippen LogP contribution in [0.1, 0.15) is 25.8 Å². The highest BCUT2D eigenvalue weighted by Gasteiger charge is 2.61. The zero-order valence-electron chi connectivity index (χ0n) is 11.0. The van der Waals surface area contributed by atoms with E-state index in [9.17, 15) is 4.79 Å². The Morgan fingerprint density at radius 2 is 1.94 bits per heavy atom. The van der Waals surface area contributed by atoms with Crippen molar-refractivity contribution < 1.29 is 4.79 Å². The van der Waals surface area contributed by atoms with Gasteiger partial charge in [-0.2, -0.15) is 0 Å².